The molecule has 0 atom stereocenters. The van der Waals surface area contributed by atoms with Gasteiger partial charge in [0.2, 0.25) is 5.13 Å². The number of rotatable bonds is 3. The number of carboxylic acids is 1. The van der Waals surface area contributed by atoms with Crippen LogP contribution in [-0.2, 0) is 6.42 Å². The lowest BCUT2D eigenvalue weighted by Gasteiger charge is -1.90. The van der Waals surface area contributed by atoms with Crippen LogP contribution in [-0.4, -0.2) is 30.2 Å². The van der Waals surface area contributed by atoms with Gasteiger partial charge in [0, 0.05) is 24.2 Å². The monoisotopic (exact) mass is 224 g/mol. The SMILES string of the molecule is CCc1nsc(-n2cc(C(=O)O)cn2)n1. The van der Waals surface area contributed by atoms with Gasteiger partial charge in [0.25, 0.3) is 0 Å². The molecule has 0 radical (unpaired) electrons. The summed E-state index contributed by atoms with van der Waals surface area (Å²) in [6.07, 6.45) is 3.46. The van der Waals surface area contributed by atoms with Crippen LogP contribution >= 0.6 is 11.5 Å². The van der Waals surface area contributed by atoms with E-state index in [0.717, 1.165) is 12.2 Å². The van der Waals surface area contributed by atoms with E-state index in [1.807, 2.05) is 6.92 Å². The third kappa shape index (κ3) is 1.86. The lowest BCUT2D eigenvalue weighted by Crippen LogP contribution is -1.95. The van der Waals surface area contributed by atoms with Gasteiger partial charge in [0.15, 0.2) is 0 Å². The second-order valence-corrected chi connectivity index (χ2v) is 3.56. The van der Waals surface area contributed by atoms with Crippen LogP contribution < -0.4 is 0 Å². The number of carboxylic acid groups (broad SMARTS) is 1. The first kappa shape index (κ1) is 9.78. The molecule has 0 amide bonds. The standard InChI is InChI=1S/C8H8N4O2S/c1-2-6-10-8(15-11-6)12-4-5(3-9-12)7(13)14/h3-4H,2H2,1H3,(H,13,14). The van der Waals surface area contributed by atoms with Crippen molar-refractivity contribution in [3.63, 3.8) is 0 Å². The lowest BCUT2D eigenvalue weighted by molar-refractivity contribution is 0.0697. The summed E-state index contributed by atoms with van der Waals surface area (Å²) in [6, 6.07) is 0. The van der Waals surface area contributed by atoms with E-state index in [1.165, 1.54) is 28.6 Å². The molecule has 0 fully saturated rings. The maximum atomic E-state index is 10.6. The third-order valence-corrected chi connectivity index (χ3v) is 2.54. The van der Waals surface area contributed by atoms with E-state index in [2.05, 4.69) is 14.5 Å². The van der Waals surface area contributed by atoms with Crippen LogP contribution in [0.25, 0.3) is 5.13 Å². The highest BCUT2D eigenvalue weighted by Gasteiger charge is 2.10. The highest BCUT2D eigenvalue weighted by molar-refractivity contribution is 7.08. The molecule has 0 saturated carbocycles. The normalized spacial score (nSPS) is 10.5. The van der Waals surface area contributed by atoms with E-state index in [1.54, 1.807) is 0 Å². The molecule has 0 spiro atoms. The van der Waals surface area contributed by atoms with Crippen LogP contribution in [0.1, 0.15) is 23.1 Å². The summed E-state index contributed by atoms with van der Waals surface area (Å²) in [4.78, 5) is 14.8. The molecule has 0 aliphatic heterocycles. The summed E-state index contributed by atoms with van der Waals surface area (Å²) >= 11 is 1.20. The topological polar surface area (TPSA) is 80.9 Å². The van der Waals surface area contributed by atoms with Gasteiger partial charge in [-0.15, -0.1) is 0 Å². The molecule has 15 heavy (non-hydrogen) atoms. The van der Waals surface area contributed by atoms with Crippen LogP contribution in [0.5, 0.6) is 0 Å². The molecule has 0 bridgehead atoms. The summed E-state index contributed by atoms with van der Waals surface area (Å²) < 4.78 is 5.50. The van der Waals surface area contributed by atoms with E-state index in [0.29, 0.717) is 5.13 Å². The maximum Gasteiger partial charge on any atom is 0.338 e. The average Bonchev–Trinajstić information content (AvgIpc) is 2.86. The first-order chi connectivity index (χ1) is 7.20. The van der Waals surface area contributed by atoms with Crippen molar-refractivity contribution < 1.29 is 9.90 Å². The molecule has 0 aliphatic rings. The average molecular weight is 224 g/mol. The number of nitrogens with zero attached hydrogens (tertiary/aromatic N) is 4. The van der Waals surface area contributed by atoms with Crippen molar-refractivity contribution in [3.8, 4) is 5.13 Å². The predicted octanol–water partition coefficient (Wildman–Crippen LogP) is 0.984. The van der Waals surface area contributed by atoms with Crippen molar-refractivity contribution in [1.29, 1.82) is 0 Å². The molecule has 2 aromatic heterocycles. The van der Waals surface area contributed by atoms with E-state index in [-0.39, 0.29) is 5.56 Å². The van der Waals surface area contributed by atoms with Gasteiger partial charge in [-0.1, -0.05) is 6.92 Å². The highest BCUT2D eigenvalue weighted by Crippen LogP contribution is 2.11. The van der Waals surface area contributed by atoms with Crippen LogP contribution in [0.3, 0.4) is 0 Å². The zero-order valence-corrected chi connectivity index (χ0v) is 8.73. The fourth-order valence-corrected chi connectivity index (χ4v) is 1.71. The van der Waals surface area contributed by atoms with Crippen molar-refractivity contribution in [3.05, 3.63) is 23.8 Å². The summed E-state index contributed by atoms with van der Waals surface area (Å²) in [6.45, 7) is 1.96. The van der Waals surface area contributed by atoms with Crippen molar-refractivity contribution in [1.82, 2.24) is 19.1 Å². The van der Waals surface area contributed by atoms with Crippen molar-refractivity contribution in [2.24, 2.45) is 0 Å². The van der Waals surface area contributed by atoms with Crippen molar-refractivity contribution >= 4 is 17.5 Å². The zero-order chi connectivity index (χ0) is 10.8. The highest BCUT2D eigenvalue weighted by atomic mass is 32.1. The predicted molar refractivity (Wildman–Crippen MR) is 53.4 cm³/mol. The number of carbonyl (C=O) groups is 1. The van der Waals surface area contributed by atoms with Crippen LogP contribution in [0.2, 0.25) is 0 Å². The van der Waals surface area contributed by atoms with E-state index < -0.39 is 5.97 Å². The molecule has 7 heteroatoms. The van der Waals surface area contributed by atoms with Gasteiger partial charge in [-0.2, -0.15) is 9.47 Å². The summed E-state index contributed by atoms with van der Waals surface area (Å²) in [5.41, 5.74) is 0.142. The third-order valence-electron chi connectivity index (χ3n) is 1.80. The largest absolute Gasteiger partial charge is 0.478 e. The lowest BCUT2D eigenvalue weighted by atomic mass is 10.4. The van der Waals surface area contributed by atoms with Crippen LogP contribution in [0, 0.1) is 0 Å². The Bertz CT molecular complexity index is 490. The number of aryl methyl sites for hydroxylation is 1. The molecule has 2 heterocycles. The fourth-order valence-electron chi connectivity index (χ4n) is 1.02. The summed E-state index contributed by atoms with van der Waals surface area (Å²) in [7, 11) is 0. The van der Waals surface area contributed by atoms with Gasteiger partial charge in [-0.25, -0.2) is 14.5 Å². The van der Waals surface area contributed by atoms with E-state index in [4.69, 9.17) is 5.11 Å². The Labute approximate surface area is 89.4 Å². The molecule has 0 unspecified atom stereocenters. The molecular weight excluding hydrogens is 216 g/mol. The molecule has 0 aliphatic carbocycles. The summed E-state index contributed by atoms with van der Waals surface area (Å²) in [5.74, 6) is -0.260. The Hall–Kier alpha value is -1.76. The molecule has 0 saturated heterocycles. The van der Waals surface area contributed by atoms with Crippen LogP contribution in [0.4, 0.5) is 0 Å². The van der Waals surface area contributed by atoms with Gasteiger partial charge in [-0.3, -0.25) is 0 Å². The van der Waals surface area contributed by atoms with Gasteiger partial charge >= 0.3 is 5.97 Å². The van der Waals surface area contributed by atoms with Gasteiger partial charge in [-0.05, 0) is 0 Å². The number of hydrogen-bond acceptors (Lipinski definition) is 5. The minimum Gasteiger partial charge on any atom is -0.478 e. The second kappa shape index (κ2) is 3.77. The second-order valence-electron chi connectivity index (χ2n) is 2.83. The molecule has 2 rings (SSSR count). The van der Waals surface area contributed by atoms with E-state index >= 15 is 0 Å². The van der Waals surface area contributed by atoms with E-state index in [9.17, 15) is 4.79 Å². The van der Waals surface area contributed by atoms with Crippen LogP contribution in [0.15, 0.2) is 12.4 Å². The molecule has 0 aromatic carbocycles. The number of aromatic carboxylic acids is 1. The summed E-state index contributed by atoms with van der Waals surface area (Å²) in [5, 5.41) is 13.2. The zero-order valence-electron chi connectivity index (χ0n) is 7.91. The minimum atomic E-state index is -0.999. The fraction of sp³-hybridized carbons (Fsp3) is 0.250. The van der Waals surface area contributed by atoms with Crippen molar-refractivity contribution in [2.45, 2.75) is 13.3 Å². The Morgan fingerprint density at radius 1 is 1.67 bits per heavy atom. The number of hydrogen-bond donors (Lipinski definition) is 1. The Kier molecular flexibility index (Phi) is 2.46. The van der Waals surface area contributed by atoms with Gasteiger partial charge in [0.05, 0.1) is 11.8 Å². The molecule has 2 aromatic rings. The number of aromatic nitrogens is 4. The smallest absolute Gasteiger partial charge is 0.338 e. The molecular formula is C8H8N4O2S. The molecule has 1 N–H and O–H groups in total. The quantitative estimate of drug-likeness (QED) is 0.840. The van der Waals surface area contributed by atoms with Gasteiger partial charge in [0.1, 0.15) is 5.82 Å². The Balaban J connectivity index is 2.32. The Morgan fingerprint density at radius 2 is 2.47 bits per heavy atom. The first-order valence-corrected chi connectivity index (χ1v) is 5.09. The van der Waals surface area contributed by atoms with Gasteiger partial charge < -0.3 is 5.11 Å². The van der Waals surface area contributed by atoms with Crippen molar-refractivity contribution in [2.75, 3.05) is 0 Å². The maximum absolute atomic E-state index is 10.6. The Morgan fingerprint density at radius 3 is 3.00 bits per heavy atom. The molecule has 6 nitrogen and oxygen atoms in total. The first-order valence-electron chi connectivity index (χ1n) is 4.31. The minimum absolute atomic E-state index is 0.142. The molecule has 78 valence electrons.